The Morgan fingerprint density at radius 3 is 2.69 bits per heavy atom. The number of thiazole rings is 1. The summed E-state index contributed by atoms with van der Waals surface area (Å²) in [5, 5.41) is 3.04. The van der Waals surface area contributed by atoms with Crippen molar-refractivity contribution in [1.29, 1.82) is 0 Å². The molecule has 1 fully saturated rings. The Labute approximate surface area is 157 Å². The lowest BCUT2D eigenvalue weighted by Crippen LogP contribution is -2.51. The second kappa shape index (κ2) is 8.46. The van der Waals surface area contributed by atoms with Crippen LogP contribution in [-0.2, 0) is 13.1 Å². The Kier molecular flexibility index (Phi) is 6.05. The summed E-state index contributed by atoms with van der Waals surface area (Å²) < 4.78 is 14.1. The second-order valence-electron chi connectivity index (χ2n) is 6.63. The fraction of sp³-hybridized carbons (Fsp3) is 0.444. The van der Waals surface area contributed by atoms with E-state index in [9.17, 15) is 4.39 Å². The van der Waals surface area contributed by atoms with Gasteiger partial charge in [-0.1, -0.05) is 12.1 Å². The zero-order valence-corrected chi connectivity index (χ0v) is 16.0. The monoisotopic (exact) mass is 376 g/mol. The quantitative estimate of drug-likeness (QED) is 0.639. The average molecular weight is 377 g/mol. The number of rotatable bonds is 5. The van der Waals surface area contributed by atoms with Crippen LogP contribution in [0.25, 0.3) is 0 Å². The van der Waals surface area contributed by atoms with Crippen LogP contribution in [0.1, 0.15) is 11.1 Å². The molecule has 0 amide bonds. The maximum atomic E-state index is 14.1. The maximum absolute atomic E-state index is 14.1. The van der Waals surface area contributed by atoms with Gasteiger partial charge in [-0.05, 0) is 25.7 Å². The Bertz CT molecular complexity index is 738. The molecule has 1 aliphatic rings. The molecule has 6 nitrogen and oxygen atoms in total. The molecule has 3 rings (SSSR count). The average Bonchev–Trinajstić information content (AvgIpc) is 3.16. The maximum Gasteiger partial charge on any atom is 0.191 e. The molecule has 2 aromatic rings. The standard InChI is InChI=1S/C18H25FN6S/c1-23(2)13-15-4-3-14(11-16(15)19)12-22-17(20)24-6-8-25(9-7-24)18-21-5-10-26-18/h3-5,10-11H,6-9,12-13H2,1-2H3,(H2,20,22). The van der Waals surface area contributed by atoms with E-state index in [1.54, 1.807) is 17.4 Å². The van der Waals surface area contributed by atoms with Gasteiger partial charge in [0.25, 0.3) is 0 Å². The topological polar surface area (TPSA) is 61.0 Å². The highest BCUT2D eigenvalue weighted by Crippen LogP contribution is 2.19. The number of halogens is 1. The summed E-state index contributed by atoms with van der Waals surface area (Å²) in [6.45, 7) is 4.34. The molecule has 0 spiro atoms. The minimum atomic E-state index is -0.193. The van der Waals surface area contributed by atoms with Crippen LogP contribution >= 0.6 is 11.3 Å². The molecule has 1 saturated heterocycles. The van der Waals surface area contributed by atoms with Crippen LogP contribution in [0.3, 0.4) is 0 Å². The third-order valence-electron chi connectivity index (χ3n) is 4.32. The SMILES string of the molecule is CN(C)Cc1ccc(CN=C(N)N2CCN(c3nccs3)CC2)cc1F. The van der Waals surface area contributed by atoms with Gasteiger partial charge in [0, 0.05) is 49.9 Å². The summed E-state index contributed by atoms with van der Waals surface area (Å²) in [6.07, 6.45) is 1.82. The van der Waals surface area contributed by atoms with Crippen molar-refractivity contribution in [2.45, 2.75) is 13.1 Å². The van der Waals surface area contributed by atoms with Gasteiger partial charge >= 0.3 is 0 Å². The van der Waals surface area contributed by atoms with E-state index in [0.717, 1.165) is 36.9 Å². The smallest absolute Gasteiger partial charge is 0.191 e. The van der Waals surface area contributed by atoms with Crippen molar-refractivity contribution in [3.63, 3.8) is 0 Å². The fourth-order valence-electron chi connectivity index (χ4n) is 2.93. The number of aromatic nitrogens is 1. The predicted octanol–water partition coefficient (Wildman–Crippen LogP) is 1.98. The summed E-state index contributed by atoms with van der Waals surface area (Å²) in [5.41, 5.74) is 7.66. The molecule has 0 bridgehead atoms. The van der Waals surface area contributed by atoms with E-state index in [1.807, 2.05) is 42.7 Å². The van der Waals surface area contributed by atoms with Gasteiger partial charge in [-0.25, -0.2) is 14.4 Å². The van der Waals surface area contributed by atoms with Gasteiger partial charge in [0.2, 0.25) is 0 Å². The highest BCUT2D eigenvalue weighted by molar-refractivity contribution is 7.13. The lowest BCUT2D eigenvalue weighted by atomic mass is 10.1. The number of anilines is 1. The van der Waals surface area contributed by atoms with E-state index in [2.05, 4.69) is 19.8 Å². The van der Waals surface area contributed by atoms with Crippen LogP contribution in [0.4, 0.5) is 9.52 Å². The van der Waals surface area contributed by atoms with Gasteiger partial charge in [0.05, 0.1) is 6.54 Å². The number of hydrogen-bond acceptors (Lipinski definition) is 5. The van der Waals surface area contributed by atoms with E-state index < -0.39 is 0 Å². The summed E-state index contributed by atoms with van der Waals surface area (Å²) in [4.78, 5) is 15.1. The van der Waals surface area contributed by atoms with Crippen LogP contribution in [0, 0.1) is 5.82 Å². The first kappa shape index (κ1) is 18.6. The van der Waals surface area contributed by atoms with Crippen LogP contribution in [-0.4, -0.2) is 61.0 Å². The number of aliphatic imine (C=N–C) groups is 1. The van der Waals surface area contributed by atoms with Crippen molar-refractivity contribution < 1.29 is 4.39 Å². The van der Waals surface area contributed by atoms with Gasteiger partial charge in [0.1, 0.15) is 5.82 Å². The first-order valence-corrected chi connectivity index (χ1v) is 9.52. The minimum Gasteiger partial charge on any atom is -0.370 e. The van der Waals surface area contributed by atoms with Crippen LogP contribution in [0.2, 0.25) is 0 Å². The Morgan fingerprint density at radius 2 is 2.08 bits per heavy atom. The number of piperazine rings is 1. The van der Waals surface area contributed by atoms with Crippen molar-refractivity contribution in [2.24, 2.45) is 10.7 Å². The number of nitrogens with zero attached hydrogens (tertiary/aromatic N) is 5. The Morgan fingerprint density at radius 1 is 1.31 bits per heavy atom. The van der Waals surface area contributed by atoms with E-state index in [4.69, 9.17) is 5.73 Å². The van der Waals surface area contributed by atoms with E-state index in [1.165, 1.54) is 0 Å². The fourth-order valence-corrected chi connectivity index (χ4v) is 3.63. The Balaban J connectivity index is 1.55. The largest absolute Gasteiger partial charge is 0.370 e. The molecule has 140 valence electrons. The molecule has 0 radical (unpaired) electrons. The second-order valence-corrected chi connectivity index (χ2v) is 7.50. The summed E-state index contributed by atoms with van der Waals surface area (Å²) in [6, 6.07) is 5.29. The molecule has 1 aromatic carbocycles. The van der Waals surface area contributed by atoms with Crippen LogP contribution in [0.15, 0.2) is 34.8 Å². The Hall–Kier alpha value is -2.19. The molecule has 1 aromatic heterocycles. The van der Waals surface area contributed by atoms with Crippen molar-refractivity contribution >= 4 is 22.4 Å². The van der Waals surface area contributed by atoms with E-state index in [-0.39, 0.29) is 5.82 Å². The number of benzene rings is 1. The van der Waals surface area contributed by atoms with Crippen LogP contribution < -0.4 is 10.6 Å². The molecule has 0 unspecified atom stereocenters. The van der Waals surface area contributed by atoms with E-state index in [0.29, 0.717) is 24.6 Å². The normalized spacial score (nSPS) is 15.8. The van der Waals surface area contributed by atoms with Gasteiger partial charge in [-0.3, -0.25) is 0 Å². The van der Waals surface area contributed by atoms with Crippen molar-refractivity contribution in [1.82, 2.24) is 14.8 Å². The van der Waals surface area contributed by atoms with Crippen molar-refractivity contribution in [3.8, 4) is 0 Å². The highest BCUT2D eigenvalue weighted by Gasteiger charge is 2.19. The molecule has 0 aliphatic carbocycles. The zero-order valence-electron chi connectivity index (χ0n) is 15.2. The number of hydrogen-bond donors (Lipinski definition) is 1. The lowest BCUT2D eigenvalue weighted by molar-refractivity contribution is 0.380. The van der Waals surface area contributed by atoms with Crippen LogP contribution in [0.5, 0.6) is 0 Å². The summed E-state index contributed by atoms with van der Waals surface area (Å²) in [5.74, 6) is 0.323. The van der Waals surface area contributed by atoms with Crippen molar-refractivity contribution in [2.75, 3.05) is 45.2 Å². The van der Waals surface area contributed by atoms with Gasteiger partial charge in [-0.2, -0.15) is 0 Å². The lowest BCUT2D eigenvalue weighted by Gasteiger charge is -2.35. The first-order valence-electron chi connectivity index (χ1n) is 8.64. The first-order chi connectivity index (χ1) is 12.5. The molecule has 0 atom stereocenters. The molecule has 8 heteroatoms. The zero-order chi connectivity index (χ0) is 18.5. The predicted molar refractivity (Wildman–Crippen MR) is 105 cm³/mol. The molecule has 2 N–H and O–H groups in total. The van der Waals surface area contributed by atoms with E-state index >= 15 is 0 Å². The molecular weight excluding hydrogens is 351 g/mol. The van der Waals surface area contributed by atoms with Gasteiger partial charge < -0.3 is 20.4 Å². The van der Waals surface area contributed by atoms with Gasteiger partial charge in [-0.15, -0.1) is 11.3 Å². The molecule has 26 heavy (non-hydrogen) atoms. The molecular formula is C18H25FN6S. The third kappa shape index (κ3) is 4.70. The molecule has 1 aliphatic heterocycles. The highest BCUT2D eigenvalue weighted by atomic mass is 32.1. The summed E-state index contributed by atoms with van der Waals surface area (Å²) in [7, 11) is 3.85. The molecule has 0 saturated carbocycles. The van der Waals surface area contributed by atoms with Crippen molar-refractivity contribution in [3.05, 3.63) is 46.7 Å². The third-order valence-corrected chi connectivity index (χ3v) is 5.15. The summed E-state index contributed by atoms with van der Waals surface area (Å²) >= 11 is 1.65. The van der Waals surface area contributed by atoms with Gasteiger partial charge in [0.15, 0.2) is 11.1 Å². The minimum absolute atomic E-state index is 0.193. The molecule has 2 heterocycles. The number of nitrogens with two attached hydrogens (primary N) is 1. The number of guanidine groups is 1.